The molecule has 0 saturated carbocycles. The summed E-state index contributed by atoms with van der Waals surface area (Å²) in [5.41, 5.74) is 1.18. The molecule has 0 saturated heterocycles. The molecule has 3 nitrogen and oxygen atoms in total. The Bertz CT molecular complexity index is 596. The predicted octanol–water partition coefficient (Wildman–Crippen LogP) is 2.77. The zero-order valence-electron chi connectivity index (χ0n) is 10.1. The molecule has 0 spiro atoms. The van der Waals surface area contributed by atoms with E-state index < -0.39 is 11.6 Å². The van der Waals surface area contributed by atoms with Gasteiger partial charge in [-0.25, -0.2) is 4.39 Å². The number of nitrogens with zero attached hydrogens (tertiary/aromatic N) is 1. The van der Waals surface area contributed by atoms with E-state index in [1.807, 2.05) is 0 Å². The fourth-order valence-electron chi connectivity index (χ4n) is 1.62. The number of hydrogen-bond donors (Lipinski definition) is 0. The predicted molar refractivity (Wildman–Crippen MR) is 65.4 cm³/mol. The lowest BCUT2D eigenvalue weighted by Gasteiger charge is -2.05. The van der Waals surface area contributed by atoms with Crippen LogP contribution in [0.1, 0.15) is 21.5 Å². The summed E-state index contributed by atoms with van der Waals surface area (Å²) in [6.45, 7) is 1.81. The van der Waals surface area contributed by atoms with Crippen LogP contribution in [-0.2, 0) is 0 Å². The minimum atomic E-state index is -0.534. The number of methoxy groups -OCH3 is 1. The molecule has 2 aromatic rings. The molecular formula is C14H12FNO2. The number of aryl methyl sites for hydroxylation is 1. The molecule has 1 heterocycles. The first-order chi connectivity index (χ1) is 8.61. The van der Waals surface area contributed by atoms with Crippen molar-refractivity contribution >= 4 is 5.78 Å². The summed E-state index contributed by atoms with van der Waals surface area (Å²) in [5, 5.41) is 0. The molecule has 1 aromatic carbocycles. The van der Waals surface area contributed by atoms with Gasteiger partial charge in [0.25, 0.3) is 0 Å². The van der Waals surface area contributed by atoms with Crippen molar-refractivity contribution in [2.75, 3.05) is 7.11 Å². The van der Waals surface area contributed by atoms with E-state index in [4.69, 9.17) is 4.74 Å². The largest absolute Gasteiger partial charge is 0.495 e. The molecule has 0 unspecified atom stereocenters. The van der Waals surface area contributed by atoms with Gasteiger partial charge in [0.2, 0.25) is 0 Å². The highest BCUT2D eigenvalue weighted by Crippen LogP contribution is 2.17. The fourth-order valence-corrected chi connectivity index (χ4v) is 1.62. The average molecular weight is 245 g/mol. The summed E-state index contributed by atoms with van der Waals surface area (Å²) in [6, 6.07) is 5.97. The van der Waals surface area contributed by atoms with E-state index in [1.165, 1.54) is 37.7 Å². The third kappa shape index (κ3) is 2.37. The van der Waals surface area contributed by atoms with Crippen molar-refractivity contribution in [1.82, 2.24) is 4.98 Å². The van der Waals surface area contributed by atoms with Crippen LogP contribution in [0.25, 0.3) is 0 Å². The molecule has 92 valence electrons. The quantitative estimate of drug-likeness (QED) is 0.780. The standard InChI is InChI=1S/C14H12FNO2/c1-9-3-4-13(15)12(5-9)14(17)10-6-11(18-2)8-16-7-10/h3-8H,1-2H3. The number of ether oxygens (including phenoxy) is 1. The molecule has 2 rings (SSSR count). The maximum Gasteiger partial charge on any atom is 0.197 e. The van der Waals surface area contributed by atoms with Crippen LogP contribution in [0, 0.1) is 12.7 Å². The highest BCUT2D eigenvalue weighted by atomic mass is 19.1. The van der Waals surface area contributed by atoms with Gasteiger partial charge in [-0.2, -0.15) is 0 Å². The molecular weight excluding hydrogens is 233 g/mol. The highest BCUT2D eigenvalue weighted by molar-refractivity contribution is 6.09. The summed E-state index contributed by atoms with van der Waals surface area (Å²) in [5.74, 6) is -0.468. The zero-order chi connectivity index (χ0) is 13.1. The Morgan fingerprint density at radius 1 is 1.28 bits per heavy atom. The first kappa shape index (κ1) is 12.2. The van der Waals surface area contributed by atoms with Crippen LogP contribution in [0.2, 0.25) is 0 Å². The Kier molecular flexibility index (Phi) is 3.37. The van der Waals surface area contributed by atoms with Gasteiger partial charge in [-0.3, -0.25) is 9.78 Å². The Balaban J connectivity index is 2.44. The molecule has 0 amide bonds. The van der Waals surface area contributed by atoms with E-state index in [0.29, 0.717) is 11.3 Å². The summed E-state index contributed by atoms with van der Waals surface area (Å²) >= 11 is 0. The van der Waals surface area contributed by atoms with Crippen LogP contribution < -0.4 is 4.74 Å². The van der Waals surface area contributed by atoms with Crippen molar-refractivity contribution in [1.29, 1.82) is 0 Å². The SMILES string of the molecule is COc1cncc(C(=O)c2cc(C)ccc2F)c1. The van der Waals surface area contributed by atoms with Gasteiger partial charge in [0.1, 0.15) is 11.6 Å². The van der Waals surface area contributed by atoms with Crippen molar-refractivity contribution in [3.8, 4) is 5.75 Å². The Morgan fingerprint density at radius 3 is 2.78 bits per heavy atom. The van der Waals surface area contributed by atoms with Crippen molar-refractivity contribution in [2.45, 2.75) is 6.92 Å². The number of halogens is 1. The lowest BCUT2D eigenvalue weighted by molar-refractivity contribution is 0.103. The summed E-state index contributed by atoms with van der Waals surface area (Å²) in [6.07, 6.45) is 2.88. The minimum absolute atomic E-state index is 0.0463. The minimum Gasteiger partial charge on any atom is -0.495 e. The van der Waals surface area contributed by atoms with Gasteiger partial charge in [0.05, 0.1) is 18.9 Å². The number of aromatic nitrogens is 1. The lowest BCUT2D eigenvalue weighted by Crippen LogP contribution is -2.05. The van der Waals surface area contributed by atoms with E-state index in [-0.39, 0.29) is 5.56 Å². The highest BCUT2D eigenvalue weighted by Gasteiger charge is 2.15. The van der Waals surface area contributed by atoms with E-state index in [1.54, 1.807) is 13.0 Å². The van der Waals surface area contributed by atoms with E-state index in [0.717, 1.165) is 5.56 Å². The molecule has 0 atom stereocenters. The third-order valence-electron chi connectivity index (χ3n) is 2.58. The van der Waals surface area contributed by atoms with Gasteiger partial charge < -0.3 is 4.74 Å². The number of ketones is 1. The third-order valence-corrected chi connectivity index (χ3v) is 2.58. The van der Waals surface area contributed by atoms with E-state index in [9.17, 15) is 9.18 Å². The van der Waals surface area contributed by atoms with Crippen LogP contribution in [0.3, 0.4) is 0 Å². The van der Waals surface area contributed by atoms with E-state index in [2.05, 4.69) is 4.98 Å². The molecule has 0 aliphatic carbocycles. The fraction of sp³-hybridized carbons (Fsp3) is 0.143. The molecule has 0 fully saturated rings. The molecule has 0 N–H and O–H groups in total. The average Bonchev–Trinajstić information content (AvgIpc) is 2.41. The topological polar surface area (TPSA) is 39.2 Å². The van der Waals surface area contributed by atoms with Crippen LogP contribution in [0.15, 0.2) is 36.7 Å². The van der Waals surface area contributed by atoms with Crippen LogP contribution in [-0.4, -0.2) is 17.9 Å². The van der Waals surface area contributed by atoms with Crippen molar-refractivity contribution in [2.24, 2.45) is 0 Å². The van der Waals surface area contributed by atoms with Gasteiger partial charge in [0, 0.05) is 11.8 Å². The van der Waals surface area contributed by atoms with Gasteiger partial charge in [0.15, 0.2) is 5.78 Å². The maximum absolute atomic E-state index is 13.6. The molecule has 4 heteroatoms. The van der Waals surface area contributed by atoms with E-state index >= 15 is 0 Å². The Labute approximate surface area is 104 Å². The van der Waals surface area contributed by atoms with Crippen molar-refractivity contribution < 1.29 is 13.9 Å². The summed E-state index contributed by atoms with van der Waals surface area (Å²) < 4.78 is 18.6. The molecule has 0 aliphatic heterocycles. The monoisotopic (exact) mass is 245 g/mol. The Morgan fingerprint density at radius 2 is 2.06 bits per heavy atom. The summed E-state index contributed by atoms with van der Waals surface area (Å²) in [4.78, 5) is 16.0. The maximum atomic E-state index is 13.6. The molecule has 18 heavy (non-hydrogen) atoms. The van der Waals surface area contributed by atoms with Crippen LogP contribution in [0.5, 0.6) is 5.75 Å². The first-order valence-corrected chi connectivity index (χ1v) is 5.41. The zero-order valence-corrected chi connectivity index (χ0v) is 10.1. The number of benzene rings is 1. The second-order valence-electron chi connectivity index (χ2n) is 3.93. The van der Waals surface area contributed by atoms with Crippen molar-refractivity contribution in [3.05, 3.63) is 59.2 Å². The normalized spacial score (nSPS) is 10.2. The lowest BCUT2D eigenvalue weighted by atomic mass is 10.0. The molecule has 0 radical (unpaired) electrons. The smallest absolute Gasteiger partial charge is 0.197 e. The first-order valence-electron chi connectivity index (χ1n) is 5.41. The van der Waals surface area contributed by atoms with Gasteiger partial charge in [-0.1, -0.05) is 11.6 Å². The molecule has 0 aliphatic rings. The van der Waals surface area contributed by atoms with Gasteiger partial charge >= 0.3 is 0 Å². The number of hydrogen-bond acceptors (Lipinski definition) is 3. The van der Waals surface area contributed by atoms with Gasteiger partial charge in [-0.15, -0.1) is 0 Å². The van der Waals surface area contributed by atoms with Crippen LogP contribution in [0.4, 0.5) is 4.39 Å². The summed E-state index contributed by atoms with van der Waals surface area (Å²) in [7, 11) is 1.48. The van der Waals surface area contributed by atoms with Gasteiger partial charge in [-0.05, 0) is 25.1 Å². The second-order valence-corrected chi connectivity index (χ2v) is 3.93. The number of carbonyl (C=O) groups excluding carboxylic acids is 1. The van der Waals surface area contributed by atoms with Crippen LogP contribution >= 0.6 is 0 Å². The number of rotatable bonds is 3. The second kappa shape index (κ2) is 4.96. The number of carbonyl (C=O) groups is 1. The van der Waals surface area contributed by atoms with Crippen molar-refractivity contribution in [3.63, 3.8) is 0 Å². The Hall–Kier alpha value is -2.23. The molecule has 0 bridgehead atoms. The molecule has 1 aromatic heterocycles. The number of pyridine rings is 1.